The Bertz CT molecular complexity index is 2170. The van der Waals surface area contributed by atoms with Crippen LogP contribution in [0.15, 0.2) is 115 Å². The molecular weight excluding hydrogens is 831 g/mol. The van der Waals surface area contributed by atoms with Gasteiger partial charge in [-0.15, -0.1) is 0 Å². The molecule has 4 aromatic rings. The zero-order valence-electron chi connectivity index (χ0n) is 35.8. The Balaban J connectivity index is 1.26. The molecule has 0 radical (unpaired) electrons. The minimum atomic E-state index is -1.60. The predicted octanol–water partition coefficient (Wildman–Crippen LogP) is 4.95. The van der Waals surface area contributed by atoms with Crippen molar-refractivity contribution >= 4 is 29.7 Å². The van der Waals surface area contributed by atoms with E-state index >= 15 is 0 Å². The monoisotopic (exact) mass is 881 g/mol. The summed E-state index contributed by atoms with van der Waals surface area (Å²) in [5.74, 6) is -3.78. The third-order valence-electron chi connectivity index (χ3n) is 10.9. The Hall–Kier alpha value is -5.85. The van der Waals surface area contributed by atoms with Gasteiger partial charge < -0.3 is 47.4 Å². The van der Waals surface area contributed by atoms with Crippen molar-refractivity contribution in [2.75, 3.05) is 20.3 Å². The van der Waals surface area contributed by atoms with Crippen LogP contribution in [0.2, 0.25) is 0 Å². The van der Waals surface area contributed by atoms with E-state index in [1.807, 2.05) is 91.0 Å². The minimum Gasteiger partial charge on any atom is -0.463 e. The number of benzene rings is 4. The summed E-state index contributed by atoms with van der Waals surface area (Å²) in [6.45, 7) is 3.07. The summed E-state index contributed by atoms with van der Waals surface area (Å²) in [6, 6.07) is 33.3. The Morgan fingerprint density at radius 2 is 0.938 bits per heavy atom. The summed E-state index contributed by atoms with van der Waals surface area (Å²) in [5, 5.41) is 0. The fourth-order valence-corrected chi connectivity index (χ4v) is 8.03. The second kappa shape index (κ2) is 21.7. The van der Waals surface area contributed by atoms with Crippen LogP contribution in [0.25, 0.3) is 0 Å². The number of hydrogen-bond acceptors (Lipinski definition) is 15. The summed E-state index contributed by atoms with van der Waals surface area (Å²) in [5.41, 5.74) is 2.82. The highest BCUT2D eigenvalue weighted by Gasteiger charge is 2.58. The summed E-state index contributed by atoms with van der Waals surface area (Å²) in [7, 11) is 1.47. The molecule has 16 nitrogen and oxygen atoms in total. The molecule has 0 spiro atoms. The molecule has 0 saturated carbocycles. The van der Waals surface area contributed by atoms with Gasteiger partial charge in [-0.1, -0.05) is 103 Å². The number of hydrogen-bond donors (Lipinski definition) is 0. The Labute approximate surface area is 370 Å². The highest BCUT2D eigenvalue weighted by molar-refractivity contribution is 6.21. The summed E-state index contributed by atoms with van der Waals surface area (Å²) >= 11 is 0. The SMILES string of the molecule is CO[C@H]1O[C@H](CO[C@@H]2O[C@H](COC(C)=O)[C@@H](OC(C)=O)[C@H](OC(C)=O)[C@H]2N2C(=O)c3ccccc3C2=O)[C@@H](OCc2ccccc2)[C@H](OCc2ccccc2)[C@H]1OCc1ccccc1. The van der Waals surface area contributed by atoms with Crippen molar-refractivity contribution in [2.24, 2.45) is 0 Å². The largest absolute Gasteiger partial charge is 0.463 e. The molecule has 10 atom stereocenters. The van der Waals surface area contributed by atoms with Crippen molar-refractivity contribution in [3.8, 4) is 0 Å². The molecular formula is C48H51NO15. The first-order chi connectivity index (χ1) is 31.0. The Morgan fingerprint density at radius 3 is 1.42 bits per heavy atom. The molecule has 0 unspecified atom stereocenters. The van der Waals surface area contributed by atoms with Crippen molar-refractivity contribution in [1.29, 1.82) is 0 Å². The van der Waals surface area contributed by atoms with Gasteiger partial charge in [0.1, 0.15) is 43.2 Å². The molecule has 0 aromatic heterocycles. The van der Waals surface area contributed by atoms with E-state index in [2.05, 4.69) is 0 Å². The van der Waals surface area contributed by atoms with Crippen molar-refractivity contribution in [3.05, 3.63) is 143 Å². The highest BCUT2D eigenvalue weighted by atomic mass is 16.7. The summed E-state index contributed by atoms with van der Waals surface area (Å²) < 4.78 is 62.4. The van der Waals surface area contributed by atoms with E-state index in [1.54, 1.807) is 12.1 Å². The molecule has 4 aromatic carbocycles. The average molecular weight is 882 g/mol. The van der Waals surface area contributed by atoms with Gasteiger partial charge in [0, 0.05) is 27.9 Å². The normalized spacial score (nSPS) is 26.5. The third-order valence-corrected chi connectivity index (χ3v) is 10.9. The maximum absolute atomic E-state index is 14.2. The van der Waals surface area contributed by atoms with Gasteiger partial charge >= 0.3 is 17.9 Å². The van der Waals surface area contributed by atoms with Gasteiger partial charge in [0.2, 0.25) is 0 Å². The van der Waals surface area contributed by atoms with Crippen LogP contribution in [0.3, 0.4) is 0 Å². The fourth-order valence-electron chi connectivity index (χ4n) is 8.03. The maximum Gasteiger partial charge on any atom is 0.303 e. The molecule has 3 aliphatic heterocycles. The minimum absolute atomic E-state index is 0.0896. The third kappa shape index (κ3) is 11.1. The number of fused-ring (bicyclic) bond motifs is 1. The van der Waals surface area contributed by atoms with E-state index in [9.17, 15) is 24.0 Å². The number of ether oxygens (including phenoxy) is 10. The first-order valence-electron chi connectivity index (χ1n) is 20.9. The molecule has 0 bridgehead atoms. The van der Waals surface area contributed by atoms with Gasteiger partial charge in [-0.25, -0.2) is 0 Å². The van der Waals surface area contributed by atoms with Crippen LogP contribution in [0.4, 0.5) is 0 Å². The standard InChI is InChI=1S/C48H51NO15/c1-29(50)56-27-38-41(61-30(2)51)42(62-31(3)52)39(49-45(53)35-22-14-15-23-36(35)46(49)54)47(63-38)60-28-37-40(57-24-32-16-8-5-9-17-32)43(58-25-33-18-10-6-11-19-33)44(48(55-4)64-37)59-26-34-20-12-7-13-21-34/h5-23,37-44,47-48H,24-28H2,1-4H3/t37-,38-,39-,40-,41-,42-,43+,44-,47-,48+/m1/s1. The van der Waals surface area contributed by atoms with Crippen LogP contribution in [0, 0.1) is 0 Å². The quantitative estimate of drug-likeness (QED) is 0.0744. The lowest BCUT2D eigenvalue weighted by Gasteiger charge is -2.48. The number of amides is 2. The van der Waals surface area contributed by atoms with E-state index < -0.39 is 97.7 Å². The first kappa shape index (κ1) is 46.2. The maximum atomic E-state index is 14.2. The van der Waals surface area contributed by atoms with Crippen LogP contribution >= 0.6 is 0 Å². The van der Waals surface area contributed by atoms with Crippen LogP contribution in [-0.2, 0) is 81.6 Å². The smallest absolute Gasteiger partial charge is 0.303 e. The van der Waals surface area contributed by atoms with Gasteiger partial charge in [-0.3, -0.25) is 28.9 Å². The number of rotatable bonds is 18. The highest BCUT2D eigenvalue weighted by Crippen LogP contribution is 2.37. The predicted molar refractivity (Wildman–Crippen MR) is 224 cm³/mol. The number of imide groups is 1. The van der Waals surface area contributed by atoms with E-state index in [0.717, 1.165) is 35.4 Å². The van der Waals surface area contributed by atoms with Crippen LogP contribution in [0.5, 0.6) is 0 Å². The molecule has 64 heavy (non-hydrogen) atoms. The lowest BCUT2D eigenvalue weighted by molar-refractivity contribution is -0.336. The number of methoxy groups -OCH3 is 1. The van der Waals surface area contributed by atoms with E-state index in [-0.39, 0.29) is 37.6 Å². The van der Waals surface area contributed by atoms with Crippen molar-refractivity contribution in [1.82, 2.24) is 4.90 Å². The molecule has 2 amide bonds. The molecule has 0 aliphatic carbocycles. The number of nitrogens with zero attached hydrogens (tertiary/aromatic N) is 1. The molecule has 3 aliphatic rings. The molecule has 3 heterocycles. The van der Waals surface area contributed by atoms with Gasteiger partial charge in [0.15, 0.2) is 24.8 Å². The molecule has 7 rings (SSSR count). The van der Waals surface area contributed by atoms with Crippen molar-refractivity contribution in [2.45, 2.75) is 102 Å². The number of carbonyl (C=O) groups is 5. The molecule has 2 saturated heterocycles. The van der Waals surface area contributed by atoms with Gasteiger partial charge in [0.25, 0.3) is 11.8 Å². The number of carbonyl (C=O) groups excluding carboxylic acids is 5. The van der Waals surface area contributed by atoms with E-state index in [4.69, 9.17) is 47.4 Å². The van der Waals surface area contributed by atoms with Crippen molar-refractivity contribution in [3.63, 3.8) is 0 Å². The Morgan fingerprint density at radius 1 is 0.500 bits per heavy atom. The number of esters is 3. The average Bonchev–Trinajstić information content (AvgIpc) is 3.55. The zero-order chi connectivity index (χ0) is 45.2. The van der Waals surface area contributed by atoms with Crippen molar-refractivity contribution < 1.29 is 71.3 Å². The van der Waals surface area contributed by atoms with Crippen LogP contribution in [-0.4, -0.2) is 116 Å². The molecule has 16 heteroatoms. The molecule has 0 N–H and O–H groups in total. The first-order valence-corrected chi connectivity index (χ1v) is 20.9. The Kier molecular flexibility index (Phi) is 15.6. The van der Waals surface area contributed by atoms with Crippen LogP contribution in [0.1, 0.15) is 58.2 Å². The second-order valence-electron chi connectivity index (χ2n) is 15.4. The zero-order valence-corrected chi connectivity index (χ0v) is 35.8. The van der Waals surface area contributed by atoms with Crippen LogP contribution < -0.4 is 0 Å². The lowest BCUT2D eigenvalue weighted by Crippen LogP contribution is -2.68. The summed E-state index contributed by atoms with van der Waals surface area (Å²) in [4.78, 5) is 66.8. The molecule has 2 fully saturated rings. The fraction of sp³-hybridized carbons (Fsp3) is 0.396. The van der Waals surface area contributed by atoms with Gasteiger partial charge in [-0.05, 0) is 28.8 Å². The summed E-state index contributed by atoms with van der Waals surface area (Å²) in [6.07, 6.45) is -10.6. The second-order valence-corrected chi connectivity index (χ2v) is 15.4. The van der Waals surface area contributed by atoms with E-state index in [0.29, 0.717) is 0 Å². The lowest BCUT2D eigenvalue weighted by atomic mass is 9.94. The van der Waals surface area contributed by atoms with Gasteiger partial charge in [-0.2, -0.15) is 0 Å². The van der Waals surface area contributed by atoms with E-state index in [1.165, 1.54) is 26.2 Å². The topological polar surface area (TPSA) is 181 Å². The molecule has 338 valence electrons. The van der Waals surface area contributed by atoms with Gasteiger partial charge in [0.05, 0.1) is 37.6 Å².